The van der Waals surface area contributed by atoms with Gasteiger partial charge in [0.25, 0.3) is 0 Å². The Hall–Kier alpha value is -3.40. The number of halogens is 1. The lowest BCUT2D eigenvalue weighted by Crippen LogP contribution is -2.13. The Kier molecular flexibility index (Phi) is 22.8. The number of primary amides is 1. The molecule has 7 nitrogen and oxygen atoms in total. The number of carbonyl (C=O) groups is 2. The molecule has 0 bridgehead atoms. The van der Waals surface area contributed by atoms with E-state index in [1.165, 1.54) is 58.9 Å². The van der Waals surface area contributed by atoms with Crippen molar-refractivity contribution in [3.8, 4) is 5.75 Å². The van der Waals surface area contributed by atoms with Gasteiger partial charge in [0.2, 0.25) is 6.41 Å². The molecule has 9 heteroatoms. The maximum Gasteiger partial charge on any atom is 0.364 e. The first-order valence-corrected chi connectivity index (χ1v) is 19.1. The van der Waals surface area contributed by atoms with Crippen LogP contribution in [0.5, 0.6) is 5.75 Å². The predicted molar refractivity (Wildman–Crippen MR) is 207 cm³/mol. The van der Waals surface area contributed by atoms with Crippen molar-refractivity contribution in [2.45, 2.75) is 105 Å². The number of thioether (sulfide) groups is 1. The molecule has 1 saturated heterocycles. The van der Waals surface area contributed by atoms with Crippen molar-refractivity contribution in [2.75, 3.05) is 32.6 Å². The zero-order chi connectivity index (χ0) is 37.5. The van der Waals surface area contributed by atoms with E-state index in [9.17, 15) is 9.18 Å². The molecule has 4 rings (SSSR count). The third-order valence-electron chi connectivity index (χ3n) is 8.98. The molecule has 3 aromatic carbocycles. The van der Waals surface area contributed by atoms with Crippen molar-refractivity contribution in [3.05, 3.63) is 98.9 Å². The minimum atomic E-state index is -0.829. The van der Waals surface area contributed by atoms with Gasteiger partial charge in [0.1, 0.15) is 11.6 Å². The van der Waals surface area contributed by atoms with Crippen molar-refractivity contribution in [3.63, 3.8) is 0 Å². The molecule has 1 amide bonds. The Labute approximate surface area is 304 Å². The van der Waals surface area contributed by atoms with Crippen LogP contribution in [-0.4, -0.2) is 49.4 Å². The van der Waals surface area contributed by atoms with Crippen molar-refractivity contribution >= 4 is 23.5 Å². The molecule has 1 aliphatic rings. The standard InChI is InChI=1S/C27H39NO2.C11H15F.C2H4O2S.CH3NO/c1-5-7-8-16-29-17-15-22-9-11-23(12-10-22)26-18-24(19-28-26)25-13-14-27(30-6-2)21(4)20(25)3;1-4-9-6-11(12)7-10(5-2)8(9)3;1-5-2(3)4;2-1-3/h9-14,24,26,28H,5-8,15-19H2,1-4H3;6-7H,4-5H2,1-3H3;1H3,(H,3,4);1H,(H2,2,3). The van der Waals surface area contributed by atoms with E-state index in [2.05, 4.69) is 89.0 Å². The summed E-state index contributed by atoms with van der Waals surface area (Å²) < 4.78 is 24.5. The lowest BCUT2D eigenvalue weighted by molar-refractivity contribution is -0.106. The first-order valence-electron chi connectivity index (χ1n) is 17.8. The zero-order valence-corrected chi connectivity index (χ0v) is 32.4. The Balaban J connectivity index is 0.000000512. The summed E-state index contributed by atoms with van der Waals surface area (Å²) in [7, 11) is 0. The van der Waals surface area contributed by atoms with Gasteiger partial charge in [0.15, 0.2) is 0 Å². The molecule has 0 aromatic heterocycles. The van der Waals surface area contributed by atoms with Gasteiger partial charge in [-0.15, -0.1) is 0 Å². The monoisotopic (exact) mass is 712 g/mol. The number of hydrogen-bond acceptors (Lipinski definition) is 6. The summed E-state index contributed by atoms with van der Waals surface area (Å²) >= 11 is 0.796. The SMILES string of the molecule is CCCCCOCCc1ccc(C2CC(c3ccc(OCC)c(C)c3C)CN2)cc1.CCc1cc(F)cc(CC)c1C.CSC(=O)O.NC=O. The van der Waals surface area contributed by atoms with Crippen molar-refractivity contribution in [1.29, 1.82) is 0 Å². The van der Waals surface area contributed by atoms with Crippen LogP contribution in [0.2, 0.25) is 0 Å². The second kappa shape index (κ2) is 25.5. The van der Waals surface area contributed by atoms with Crippen LogP contribution < -0.4 is 15.8 Å². The van der Waals surface area contributed by atoms with Crippen LogP contribution in [0.4, 0.5) is 9.18 Å². The molecule has 4 N–H and O–H groups in total. The van der Waals surface area contributed by atoms with E-state index < -0.39 is 5.30 Å². The fourth-order valence-corrected chi connectivity index (χ4v) is 5.99. The second-order valence-electron chi connectivity index (χ2n) is 12.2. The third kappa shape index (κ3) is 15.7. The Bertz CT molecular complexity index is 1390. The van der Waals surface area contributed by atoms with Crippen molar-refractivity contribution in [2.24, 2.45) is 5.73 Å². The average Bonchev–Trinajstić information content (AvgIpc) is 3.60. The molecule has 1 fully saturated rings. The Morgan fingerprint density at radius 1 is 0.960 bits per heavy atom. The van der Waals surface area contributed by atoms with E-state index in [0.717, 1.165) is 74.1 Å². The molecule has 0 aliphatic carbocycles. The number of benzene rings is 3. The summed E-state index contributed by atoms with van der Waals surface area (Å²) in [5.74, 6) is 1.47. The van der Waals surface area contributed by atoms with E-state index >= 15 is 0 Å². The quantitative estimate of drug-likeness (QED) is 0.120. The molecule has 278 valence electrons. The van der Waals surface area contributed by atoms with Gasteiger partial charge >= 0.3 is 5.30 Å². The van der Waals surface area contributed by atoms with Gasteiger partial charge < -0.3 is 25.6 Å². The Morgan fingerprint density at radius 3 is 2.08 bits per heavy atom. The highest BCUT2D eigenvalue weighted by molar-refractivity contribution is 8.12. The van der Waals surface area contributed by atoms with Crippen molar-refractivity contribution < 1.29 is 28.6 Å². The molecule has 0 radical (unpaired) electrons. The van der Waals surface area contributed by atoms with E-state index in [1.807, 2.05) is 6.92 Å². The van der Waals surface area contributed by atoms with E-state index in [0.29, 0.717) is 18.6 Å². The number of carbonyl (C=O) groups excluding carboxylic acids is 1. The highest BCUT2D eigenvalue weighted by Gasteiger charge is 2.28. The largest absolute Gasteiger partial charge is 0.494 e. The van der Waals surface area contributed by atoms with Crippen molar-refractivity contribution in [1.82, 2.24) is 5.32 Å². The smallest absolute Gasteiger partial charge is 0.364 e. The van der Waals surface area contributed by atoms with Crippen LogP contribution in [0.3, 0.4) is 0 Å². The first kappa shape index (κ1) is 44.6. The van der Waals surface area contributed by atoms with E-state index in [1.54, 1.807) is 12.1 Å². The number of rotatable bonds is 13. The average molecular weight is 713 g/mol. The molecule has 50 heavy (non-hydrogen) atoms. The number of nitrogens with one attached hydrogen (secondary N) is 1. The summed E-state index contributed by atoms with van der Waals surface area (Å²) in [6.45, 7) is 18.3. The molecule has 3 aromatic rings. The molecular weight excluding hydrogens is 652 g/mol. The van der Waals surface area contributed by atoms with Gasteiger partial charge in [-0.25, -0.2) is 9.18 Å². The summed E-state index contributed by atoms with van der Waals surface area (Å²) in [5.41, 5.74) is 14.6. The highest BCUT2D eigenvalue weighted by atomic mass is 32.2. The fourth-order valence-electron chi connectivity index (χ4n) is 5.99. The minimum Gasteiger partial charge on any atom is -0.494 e. The lowest BCUT2D eigenvalue weighted by Gasteiger charge is -2.18. The van der Waals surface area contributed by atoms with Crippen LogP contribution in [0.25, 0.3) is 0 Å². The number of carboxylic acid groups (broad SMARTS) is 1. The van der Waals surface area contributed by atoms with Crippen LogP contribution in [-0.2, 0) is 28.8 Å². The molecule has 1 heterocycles. The summed E-state index contributed by atoms with van der Waals surface area (Å²) in [6, 6.07) is 17.2. The van der Waals surface area contributed by atoms with Crippen LogP contribution >= 0.6 is 11.8 Å². The number of nitrogens with two attached hydrogens (primary N) is 1. The fraction of sp³-hybridized carbons (Fsp3) is 0.512. The summed E-state index contributed by atoms with van der Waals surface area (Å²) in [5, 5.41) is 10.6. The van der Waals surface area contributed by atoms with Gasteiger partial charge in [-0.2, -0.15) is 0 Å². The molecular formula is C41H61FN2O5S. The zero-order valence-electron chi connectivity index (χ0n) is 31.6. The van der Waals surface area contributed by atoms with Gasteiger partial charge in [-0.1, -0.05) is 63.9 Å². The number of unbranched alkanes of at least 4 members (excludes halogenated alkanes) is 2. The normalized spacial score (nSPS) is 14.7. The van der Waals surface area contributed by atoms with Gasteiger partial charge in [0, 0.05) is 19.2 Å². The number of aryl methyl sites for hydroxylation is 2. The molecule has 0 saturated carbocycles. The second-order valence-corrected chi connectivity index (χ2v) is 13.0. The maximum absolute atomic E-state index is 13.0. The topological polar surface area (TPSA) is 111 Å². The van der Waals surface area contributed by atoms with Crippen LogP contribution in [0.1, 0.15) is 110 Å². The number of amides is 1. The summed E-state index contributed by atoms with van der Waals surface area (Å²) in [4.78, 5) is 17.9. The molecule has 0 spiro atoms. The van der Waals surface area contributed by atoms with E-state index in [-0.39, 0.29) is 12.2 Å². The molecule has 1 aliphatic heterocycles. The number of ether oxygens (including phenoxy) is 2. The van der Waals surface area contributed by atoms with Gasteiger partial charge in [0.05, 0.1) is 13.2 Å². The minimum absolute atomic E-state index is 0.102. The van der Waals surface area contributed by atoms with Gasteiger partial charge in [-0.3, -0.25) is 4.79 Å². The molecule has 2 atom stereocenters. The van der Waals surface area contributed by atoms with Gasteiger partial charge in [-0.05, 0) is 146 Å². The molecule has 2 unspecified atom stereocenters. The maximum atomic E-state index is 13.0. The summed E-state index contributed by atoms with van der Waals surface area (Å²) in [6.07, 6.45) is 9.43. The number of hydrogen-bond donors (Lipinski definition) is 3. The lowest BCUT2D eigenvalue weighted by atomic mass is 9.89. The highest BCUT2D eigenvalue weighted by Crippen LogP contribution is 2.37. The van der Waals surface area contributed by atoms with Crippen LogP contribution in [0, 0.1) is 26.6 Å². The third-order valence-corrected chi connectivity index (χ3v) is 9.33. The predicted octanol–water partition coefficient (Wildman–Crippen LogP) is 9.66. The van der Waals surface area contributed by atoms with E-state index in [4.69, 9.17) is 19.4 Å². The Morgan fingerprint density at radius 2 is 1.56 bits per heavy atom. The first-order chi connectivity index (χ1) is 24.0. The van der Waals surface area contributed by atoms with Crippen LogP contribution in [0.15, 0.2) is 48.5 Å².